The zero-order chi connectivity index (χ0) is 11.5. The number of carbonyl (C=O) groups is 1. The van der Waals surface area contributed by atoms with Gasteiger partial charge in [0.2, 0.25) is 0 Å². The Labute approximate surface area is 93.4 Å². The summed E-state index contributed by atoms with van der Waals surface area (Å²) < 4.78 is 0. The van der Waals surface area contributed by atoms with Gasteiger partial charge in [-0.3, -0.25) is 4.98 Å². The summed E-state index contributed by atoms with van der Waals surface area (Å²) in [6.45, 7) is 1.85. The molecule has 0 amide bonds. The lowest BCUT2D eigenvalue weighted by Gasteiger charge is -2.06. The van der Waals surface area contributed by atoms with Crippen molar-refractivity contribution < 1.29 is 9.90 Å². The Morgan fingerprint density at radius 1 is 1.25 bits per heavy atom. The van der Waals surface area contributed by atoms with Crippen LogP contribution in [0.2, 0.25) is 0 Å². The van der Waals surface area contributed by atoms with Gasteiger partial charge in [-0.2, -0.15) is 0 Å². The van der Waals surface area contributed by atoms with Crippen LogP contribution in [0.15, 0.2) is 42.6 Å². The van der Waals surface area contributed by atoms with Crippen LogP contribution in [0.5, 0.6) is 0 Å². The Bertz CT molecular complexity index is 521. The van der Waals surface area contributed by atoms with Gasteiger partial charge in [0.05, 0.1) is 5.56 Å². The van der Waals surface area contributed by atoms with E-state index in [0.717, 1.165) is 11.3 Å². The molecule has 1 heterocycles. The third-order valence-corrected chi connectivity index (χ3v) is 2.36. The lowest BCUT2D eigenvalue weighted by atomic mass is 10.0. The third kappa shape index (κ3) is 1.93. The van der Waals surface area contributed by atoms with E-state index in [1.165, 1.54) is 6.20 Å². The van der Waals surface area contributed by atoms with E-state index in [1.54, 1.807) is 6.07 Å². The highest BCUT2D eigenvalue weighted by Gasteiger charge is 2.11. The first-order chi connectivity index (χ1) is 7.68. The van der Waals surface area contributed by atoms with Crippen molar-refractivity contribution in [3.05, 3.63) is 53.9 Å². The van der Waals surface area contributed by atoms with Gasteiger partial charge in [-0.25, -0.2) is 4.79 Å². The molecule has 80 valence electrons. The van der Waals surface area contributed by atoms with Crippen LogP contribution >= 0.6 is 0 Å². The SMILES string of the molecule is Cc1cc(-c2ccccc2)c(C(=O)O)cn1. The van der Waals surface area contributed by atoms with Crippen molar-refractivity contribution in [3.8, 4) is 11.1 Å². The number of aromatic nitrogens is 1. The normalized spacial score (nSPS) is 10.1. The fourth-order valence-corrected chi connectivity index (χ4v) is 1.59. The summed E-state index contributed by atoms with van der Waals surface area (Å²) >= 11 is 0. The topological polar surface area (TPSA) is 50.2 Å². The number of pyridine rings is 1. The molecule has 0 saturated heterocycles. The Hall–Kier alpha value is -2.16. The van der Waals surface area contributed by atoms with E-state index in [9.17, 15) is 4.79 Å². The maximum Gasteiger partial charge on any atom is 0.337 e. The molecule has 0 saturated carbocycles. The predicted molar refractivity (Wildman–Crippen MR) is 61.4 cm³/mol. The number of nitrogens with zero attached hydrogens (tertiary/aromatic N) is 1. The van der Waals surface area contributed by atoms with Crippen LogP contribution in [0.25, 0.3) is 11.1 Å². The summed E-state index contributed by atoms with van der Waals surface area (Å²) in [4.78, 5) is 15.1. The summed E-state index contributed by atoms with van der Waals surface area (Å²) in [5.41, 5.74) is 2.65. The number of carboxylic acids is 1. The minimum atomic E-state index is -0.952. The van der Waals surface area contributed by atoms with E-state index in [4.69, 9.17) is 5.11 Å². The van der Waals surface area contributed by atoms with E-state index < -0.39 is 5.97 Å². The fraction of sp³-hybridized carbons (Fsp3) is 0.0769. The van der Waals surface area contributed by atoms with Gasteiger partial charge in [-0.1, -0.05) is 30.3 Å². The summed E-state index contributed by atoms with van der Waals surface area (Å²) in [6.07, 6.45) is 1.40. The standard InChI is InChI=1S/C13H11NO2/c1-9-7-11(10-5-3-2-4-6-10)12(8-14-9)13(15)16/h2-8H,1H3,(H,15,16). The molecule has 2 rings (SSSR count). The first-order valence-electron chi connectivity index (χ1n) is 4.94. The highest BCUT2D eigenvalue weighted by Crippen LogP contribution is 2.23. The molecule has 0 fully saturated rings. The van der Waals surface area contributed by atoms with Crippen molar-refractivity contribution in [1.29, 1.82) is 0 Å². The van der Waals surface area contributed by atoms with E-state index in [0.29, 0.717) is 5.56 Å². The molecule has 3 heteroatoms. The first-order valence-corrected chi connectivity index (χ1v) is 4.94. The Morgan fingerprint density at radius 3 is 2.56 bits per heavy atom. The summed E-state index contributed by atoms with van der Waals surface area (Å²) in [5.74, 6) is -0.952. The lowest BCUT2D eigenvalue weighted by Crippen LogP contribution is -2.01. The molecule has 1 aromatic carbocycles. The smallest absolute Gasteiger partial charge is 0.337 e. The monoisotopic (exact) mass is 213 g/mol. The van der Waals surface area contributed by atoms with Gasteiger partial charge in [0.1, 0.15) is 0 Å². The molecule has 3 nitrogen and oxygen atoms in total. The maximum atomic E-state index is 11.1. The van der Waals surface area contributed by atoms with E-state index in [2.05, 4.69) is 4.98 Å². The molecular weight excluding hydrogens is 202 g/mol. The summed E-state index contributed by atoms with van der Waals surface area (Å²) in [6, 6.07) is 11.2. The van der Waals surface area contributed by atoms with Gasteiger partial charge < -0.3 is 5.11 Å². The number of aromatic carboxylic acids is 1. The quantitative estimate of drug-likeness (QED) is 0.834. The van der Waals surface area contributed by atoms with Crippen LogP contribution in [-0.4, -0.2) is 16.1 Å². The highest BCUT2D eigenvalue weighted by molar-refractivity contribution is 5.95. The Morgan fingerprint density at radius 2 is 1.94 bits per heavy atom. The van der Waals surface area contributed by atoms with Gasteiger partial charge >= 0.3 is 5.97 Å². The van der Waals surface area contributed by atoms with Gasteiger partial charge in [0.15, 0.2) is 0 Å². The third-order valence-electron chi connectivity index (χ3n) is 2.36. The molecule has 0 radical (unpaired) electrons. The molecule has 2 aromatic rings. The minimum absolute atomic E-state index is 0.233. The van der Waals surface area contributed by atoms with E-state index in [1.807, 2.05) is 37.3 Å². The lowest BCUT2D eigenvalue weighted by molar-refractivity contribution is 0.0697. The van der Waals surface area contributed by atoms with Crippen molar-refractivity contribution in [2.45, 2.75) is 6.92 Å². The van der Waals surface area contributed by atoms with Crippen molar-refractivity contribution in [2.75, 3.05) is 0 Å². The highest BCUT2D eigenvalue weighted by atomic mass is 16.4. The molecule has 0 atom stereocenters. The van der Waals surface area contributed by atoms with E-state index >= 15 is 0 Å². The molecule has 0 bridgehead atoms. The van der Waals surface area contributed by atoms with Crippen LogP contribution in [0.1, 0.15) is 16.1 Å². The molecule has 16 heavy (non-hydrogen) atoms. The van der Waals surface area contributed by atoms with Crippen molar-refractivity contribution >= 4 is 5.97 Å². The molecule has 1 N–H and O–H groups in total. The number of rotatable bonds is 2. The fourth-order valence-electron chi connectivity index (χ4n) is 1.59. The van der Waals surface area contributed by atoms with Crippen LogP contribution in [-0.2, 0) is 0 Å². The van der Waals surface area contributed by atoms with Crippen LogP contribution in [0.3, 0.4) is 0 Å². The number of aryl methyl sites for hydroxylation is 1. The van der Waals surface area contributed by atoms with Crippen molar-refractivity contribution in [2.24, 2.45) is 0 Å². The number of benzene rings is 1. The zero-order valence-corrected chi connectivity index (χ0v) is 8.84. The molecule has 0 aliphatic heterocycles. The van der Waals surface area contributed by atoms with Crippen LogP contribution < -0.4 is 0 Å². The van der Waals surface area contributed by atoms with Gasteiger partial charge in [-0.05, 0) is 24.1 Å². The Balaban J connectivity index is 2.63. The second kappa shape index (κ2) is 4.14. The first kappa shape index (κ1) is 10.4. The average Bonchev–Trinajstić information content (AvgIpc) is 2.29. The Kier molecular flexibility index (Phi) is 2.68. The van der Waals surface area contributed by atoms with Crippen LogP contribution in [0.4, 0.5) is 0 Å². The van der Waals surface area contributed by atoms with Crippen molar-refractivity contribution in [1.82, 2.24) is 4.98 Å². The number of hydrogen-bond acceptors (Lipinski definition) is 2. The second-order valence-corrected chi connectivity index (χ2v) is 3.54. The van der Waals surface area contributed by atoms with Crippen molar-refractivity contribution in [3.63, 3.8) is 0 Å². The zero-order valence-electron chi connectivity index (χ0n) is 8.84. The van der Waals surface area contributed by atoms with E-state index in [-0.39, 0.29) is 5.56 Å². The molecule has 0 spiro atoms. The largest absolute Gasteiger partial charge is 0.478 e. The van der Waals surface area contributed by atoms with Gasteiger partial charge in [-0.15, -0.1) is 0 Å². The summed E-state index contributed by atoms with van der Waals surface area (Å²) in [5, 5.41) is 9.08. The minimum Gasteiger partial charge on any atom is -0.478 e. The number of hydrogen-bond donors (Lipinski definition) is 1. The molecular formula is C13H11NO2. The van der Waals surface area contributed by atoms with Gasteiger partial charge in [0, 0.05) is 11.9 Å². The average molecular weight is 213 g/mol. The van der Waals surface area contributed by atoms with Crippen LogP contribution in [0, 0.1) is 6.92 Å². The molecule has 0 unspecified atom stereocenters. The van der Waals surface area contributed by atoms with Gasteiger partial charge in [0.25, 0.3) is 0 Å². The maximum absolute atomic E-state index is 11.1. The molecule has 0 aliphatic rings. The number of carboxylic acid groups (broad SMARTS) is 1. The predicted octanol–water partition coefficient (Wildman–Crippen LogP) is 2.76. The molecule has 0 aliphatic carbocycles. The summed E-state index contributed by atoms with van der Waals surface area (Å²) in [7, 11) is 0. The molecule has 1 aromatic heterocycles. The second-order valence-electron chi connectivity index (χ2n) is 3.54.